The first-order valence-corrected chi connectivity index (χ1v) is 10.0. The molecule has 21 heavy (non-hydrogen) atoms. The largest absolute Gasteiger partial charge is 0.500 e. The van der Waals surface area contributed by atoms with Crippen molar-refractivity contribution in [3.8, 4) is 0 Å². The van der Waals surface area contributed by atoms with Crippen molar-refractivity contribution in [3.05, 3.63) is 18.7 Å². The molecule has 1 aromatic rings. The zero-order valence-corrected chi connectivity index (χ0v) is 14.4. The number of hydrogen-bond donors (Lipinski definition) is 1. The van der Waals surface area contributed by atoms with Crippen LogP contribution >= 0.6 is 0 Å². The Hall–Kier alpha value is -0.783. The third kappa shape index (κ3) is 6.24. The fraction of sp³-hybridized carbons (Fsp3) is 0.727. The van der Waals surface area contributed by atoms with Gasteiger partial charge in [-0.2, -0.15) is 8.42 Å². The van der Waals surface area contributed by atoms with Crippen LogP contribution in [0.15, 0.2) is 18.7 Å². The Kier molecular flexibility index (Phi) is 6.97. The van der Waals surface area contributed by atoms with Gasteiger partial charge in [-0.1, -0.05) is 0 Å². The van der Waals surface area contributed by atoms with E-state index in [-0.39, 0.29) is 12.3 Å². The van der Waals surface area contributed by atoms with E-state index >= 15 is 0 Å². The summed E-state index contributed by atoms with van der Waals surface area (Å²) in [6.07, 6.45) is 6.22. The third-order valence-corrected chi connectivity index (χ3v) is 6.72. The van der Waals surface area contributed by atoms with Crippen molar-refractivity contribution < 1.29 is 30.8 Å². The lowest BCUT2D eigenvalue weighted by molar-refractivity contribution is -0.696. The summed E-state index contributed by atoms with van der Waals surface area (Å²) < 4.78 is 49.8. The van der Waals surface area contributed by atoms with Gasteiger partial charge in [-0.05, 0) is 6.42 Å². The van der Waals surface area contributed by atoms with Gasteiger partial charge in [0.15, 0.2) is 0 Å². The number of rotatable bonds is 10. The van der Waals surface area contributed by atoms with Gasteiger partial charge in [0, 0.05) is 27.4 Å². The number of imidazole rings is 1. The summed E-state index contributed by atoms with van der Waals surface area (Å²) in [4.78, 5) is 0. The minimum absolute atomic E-state index is 0.221. The molecule has 0 aliphatic heterocycles. The van der Waals surface area contributed by atoms with Crippen LogP contribution in [0.25, 0.3) is 0 Å². The first-order valence-electron chi connectivity index (χ1n) is 6.49. The van der Waals surface area contributed by atoms with E-state index in [9.17, 15) is 8.42 Å². The molecule has 122 valence electrons. The van der Waals surface area contributed by atoms with Crippen molar-refractivity contribution in [1.82, 2.24) is 4.57 Å². The highest BCUT2D eigenvalue weighted by Gasteiger charge is 2.37. The van der Waals surface area contributed by atoms with Crippen molar-refractivity contribution in [3.63, 3.8) is 0 Å². The zero-order chi connectivity index (χ0) is 15.9. The minimum atomic E-state index is -3.93. The van der Waals surface area contributed by atoms with Crippen molar-refractivity contribution in [2.24, 2.45) is 0 Å². The van der Waals surface area contributed by atoms with Gasteiger partial charge in [0.25, 0.3) is 10.1 Å². The molecular weight excluding hydrogens is 316 g/mol. The van der Waals surface area contributed by atoms with Gasteiger partial charge in [0.05, 0.1) is 6.54 Å². The monoisotopic (exact) mass is 339 g/mol. The van der Waals surface area contributed by atoms with Gasteiger partial charge in [0.2, 0.25) is 6.33 Å². The zero-order valence-electron chi connectivity index (χ0n) is 12.6. The van der Waals surface area contributed by atoms with Crippen LogP contribution in [-0.4, -0.2) is 53.4 Å². The quantitative estimate of drug-likeness (QED) is 0.365. The lowest BCUT2D eigenvalue weighted by Gasteiger charge is -2.23. The van der Waals surface area contributed by atoms with E-state index in [0.29, 0.717) is 6.04 Å². The predicted octanol–water partition coefficient (Wildman–Crippen LogP) is -0.0684. The molecule has 0 unspecified atom stereocenters. The molecule has 0 aromatic carbocycles. The summed E-state index contributed by atoms with van der Waals surface area (Å²) >= 11 is 0. The van der Waals surface area contributed by atoms with Crippen LogP contribution in [0.2, 0.25) is 6.04 Å². The Morgan fingerprint density at radius 1 is 1.24 bits per heavy atom. The van der Waals surface area contributed by atoms with E-state index in [0.717, 1.165) is 13.0 Å². The van der Waals surface area contributed by atoms with E-state index in [4.69, 9.17) is 17.8 Å². The van der Waals surface area contributed by atoms with Gasteiger partial charge in [-0.15, -0.1) is 0 Å². The van der Waals surface area contributed by atoms with E-state index in [2.05, 4.69) is 0 Å². The van der Waals surface area contributed by atoms with Crippen molar-refractivity contribution >= 4 is 18.9 Å². The van der Waals surface area contributed by atoms with E-state index in [1.165, 1.54) is 0 Å². The van der Waals surface area contributed by atoms with Crippen LogP contribution in [0.4, 0.5) is 0 Å². The molecule has 0 bridgehead atoms. The molecule has 0 saturated carbocycles. The molecule has 1 rings (SSSR count). The van der Waals surface area contributed by atoms with Crippen LogP contribution in [0.3, 0.4) is 0 Å². The fourth-order valence-corrected chi connectivity index (χ4v) is 4.10. The molecule has 1 aromatic heterocycles. The molecular formula is C11H23N2O6SSi+. The van der Waals surface area contributed by atoms with E-state index < -0.39 is 18.9 Å². The fourth-order valence-electron chi connectivity index (χ4n) is 1.96. The lowest BCUT2D eigenvalue weighted by atomic mass is 10.5. The second-order valence-corrected chi connectivity index (χ2v) is 9.24. The predicted molar refractivity (Wildman–Crippen MR) is 77.2 cm³/mol. The third-order valence-electron chi connectivity index (χ3n) is 3.19. The molecule has 0 amide bonds. The molecule has 0 aliphatic carbocycles. The van der Waals surface area contributed by atoms with Gasteiger partial charge in [-0.25, -0.2) is 9.13 Å². The maximum absolute atomic E-state index is 10.7. The maximum Gasteiger partial charge on any atom is 0.500 e. The molecule has 0 spiro atoms. The lowest BCUT2D eigenvalue weighted by Crippen LogP contribution is -2.43. The second-order valence-electron chi connectivity index (χ2n) is 4.57. The SMILES string of the molecule is CO[Si](CCC[n+]1ccn(CCS(=O)(=O)O)c1)(OC)OC. The summed E-state index contributed by atoms with van der Waals surface area (Å²) in [5.74, 6) is -0.297. The highest BCUT2D eigenvalue weighted by molar-refractivity contribution is 7.85. The molecule has 8 nitrogen and oxygen atoms in total. The first-order chi connectivity index (χ1) is 9.84. The first kappa shape index (κ1) is 18.3. The van der Waals surface area contributed by atoms with E-state index in [1.807, 2.05) is 10.8 Å². The number of aryl methyl sites for hydroxylation is 2. The number of hydrogen-bond acceptors (Lipinski definition) is 5. The Labute approximate surface area is 126 Å². The highest BCUT2D eigenvalue weighted by Crippen LogP contribution is 2.14. The summed E-state index contributed by atoms with van der Waals surface area (Å²) in [6.45, 7) is 0.961. The summed E-state index contributed by atoms with van der Waals surface area (Å²) in [7, 11) is -1.73. The number of nitrogens with zero attached hydrogens (tertiary/aromatic N) is 2. The number of aromatic nitrogens is 2. The molecule has 10 heteroatoms. The Morgan fingerprint density at radius 3 is 2.38 bits per heavy atom. The van der Waals surface area contributed by atoms with Crippen molar-refractivity contribution in [1.29, 1.82) is 0 Å². The van der Waals surface area contributed by atoms with E-state index in [1.54, 1.807) is 38.4 Å². The molecule has 0 aliphatic rings. The van der Waals surface area contributed by atoms with Crippen LogP contribution in [0, 0.1) is 0 Å². The Bertz CT molecular complexity index is 520. The van der Waals surface area contributed by atoms with Gasteiger partial charge in [0.1, 0.15) is 24.7 Å². The van der Waals surface area contributed by atoms with Crippen LogP contribution < -0.4 is 4.57 Å². The molecule has 1 N–H and O–H groups in total. The molecule has 0 fully saturated rings. The Balaban J connectivity index is 2.45. The molecule has 0 radical (unpaired) electrons. The van der Waals surface area contributed by atoms with Crippen LogP contribution in [0.5, 0.6) is 0 Å². The van der Waals surface area contributed by atoms with Crippen LogP contribution in [0.1, 0.15) is 6.42 Å². The maximum atomic E-state index is 10.7. The topological polar surface area (TPSA) is 90.9 Å². The van der Waals surface area contributed by atoms with Crippen molar-refractivity contribution in [2.75, 3.05) is 27.1 Å². The van der Waals surface area contributed by atoms with Gasteiger partial charge >= 0.3 is 8.80 Å². The summed E-state index contributed by atoms with van der Waals surface area (Å²) in [5, 5.41) is 0. The average molecular weight is 339 g/mol. The van der Waals surface area contributed by atoms with Crippen molar-refractivity contribution in [2.45, 2.75) is 25.6 Å². The van der Waals surface area contributed by atoms with Crippen LogP contribution in [-0.2, 0) is 36.5 Å². The highest BCUT2D eigenvalue weighted by atomic mass is 32.2. The average Bonchev–Trinajstić information content (AvgIpc) is 2.89. The minimum Gasteiger partial charge on any atom is -0.377 e. The summed E-state index contributed by atoms with van der Waals surface area (Å²) in [5.41, 5.74) is 0. The molecule has 0 saturated heterocycles. The second kappa shape index (κ2) is 8.01. The molecule has 0 atom stereocenters. The van der Waals surface area contributed by atoms with Gasteiger partial charge < -0.3 is 13.3 Å². The normalized spacial score (nSPS) is 12.8. The summed E-state index contributed by atoms with van der Waals surface area (Å²) in [6, 6.07) is 0.694. The standard InChI is InChI=1S/C11H22N2O6SSi/c1-17-21(18-2,19-3)10-4-5-12-6-7-13(11-12)8-9-20(14,15)16/h6-7,11H,4-5,8-10H2,1-3H3/p+1. The smallest absolute Gasteiger partial charge is 0.377 e. The Morgan fingerprint density at radius 2 is 1.86 bits per heavy atom. The molecule has 1 heterocycles. The van der Waals surface area contributed by atoms with Gasteiger partial charge in [-0.3, -0.25) is 4.55 Å².